The van der Waals surface area contributed by atoms with Crippen molar-refractivity contribution in [1.29, 1.82) is 0 Å². The Morgan fingerprint density at radius 1 is 0.935 bits per heavy atom. The molecule has 4 rings (SSSR count). The third-order valence-corrected chi connectivity index (χ3v) is 7.60. The Hall–Kier alpha value is -2.22. The van der Waals surface area contributed by atoms with E-state index in [9.17, 15) is 13.2 Å². The topological polar surface area (TPSA) is 69.7 Å². The maximum Gasteiger partial charge on any atom is 0.240 e. The number of aryl methyl sites for hydroxylation is 1. The number of hydrogen-bond donors (Lipinski definition) is 1. The van der Waals surface area contributed by atoms with Gasteiger partial charge in [-0.1, -0.05) is 30.7 Å². The van der Waals surface area contributed by atoms with Crippen molar-refractivity contribution in [3.05, 3.63) is 59.2 Å². The highest BCUT2D eigenvalue weighted by atomic mass is 32.2. The van der Waals surface area contributed by atoms with Gasteiger partial charge in [0.2, 0.25) is 15.9 Å². The summed E-state index contributed by atoms with van der Waals surface area (Å²) in [6.45, 7) is 5.75. The van der Waals surface area contributed by atoms with E-state index in [1.165, 1.54) is 24.8 Å². The number of piperidine rings is 1. The summed E-state index contributed by atoms with van der Waals surface area (Å²) in [5.74, 6) is -0.0154. The average Bonchev–Trinajstić information content (AvgIpc) is 2.78. The van der Waals surface area contributed by atoms with E-state index in [0.29, 0.717) is 6.54 Å². The number of rotatable bonds is 6. The van der Waals surface area contributed by atoms with Crippen LogP contribution in [0.15, 0.2) is 47.4 Å². The van der Waals surface area contributed by atoms with E-state index in [1.54, 1.807) is 30.0 Å². The smallest absolute Gasteiger partial charge is 0.240 e. The van der Waals surface area contributed by atoms with Gasteiger partial charge in [-0.15, -0.1) is 0 Å². The molecule has 0 unspecified atom stereocenters. The Morgan fingerprint density at radius 3 is 2.35 bits per heavy atom. The number of hydrogen-bond acceptors (Lipinski definition) is 4. The monoisotopic (exact) mass is 441 g/mol. The fraction of sp³-hybridized carbons (Fsp3) is 0.458. The van der Waals surface area contributed by atoms with Crippen LogP contribution in [0.25, 0.3) is 0 Å². The summed E-state index contributed by atoms with van der Waals surface area (Å²) in [4.78, 5) is 16.3. The van der Waals surface area contributed by atoms with Gasteiger partial charge in [-0.3, -0.25) is 9.69 Å². The van der Waals surface area contributed by atoms with E-state index < -0.39 is 10.0 Å². The highest BCUT2D eigenvalue weighted by molar-refractivity contribution is 7.89. The lowest BCUT2D eigenvalue weighted by atomic mass is 10.0. The lowest BCUT2D eigenvalue weighted by Crippen LogP contribution is -2.33. The van der Waals surface area contributed by atoms with E-state index in [1.807, 2.05) is 12.1 Å². The molecule has 0 aliphatic carbocycles. The lowest BCUT2D eigenvalue weighted by molar-refractivity contribution is -0.116. The van der Waals surface area contributed by atoms with Gasteiger partial charge in [-0.25, -0.2) is 13.1 Å². The number of sulfonamides is 1. The van der Waals surface area contributed by atoms with Crippen molar-refractivity contribution in [3.8, 4) is 0 Å². The number of nitrogens with zero attached hydrogens (tertiary/aromatic N) is 2. The summed E-state index contributed by atoms with van der Waals surface area (Å²) < 4.78 is 28.4. The molecule has 2 aromatic carbocycles. The van der Waals surface area contributed by atoms with Crippen LogP contribution in [0.3, 0.4) is 0 Å². The Kier molecular flexibility index (Phi) is 6.74. The molecule has 0 bridgehead atoms. The van der Waals surface area contributed by atoms with Gasteiger partial charge >= 0.3 is 0 Å². The van der Waals surface area contributed by atoms with E-state index in [-0.39, 0.29) is 17.3 Å². The fourth-order valence-electron chi connectivity index (χ4n) is 4.47. The standard InChI is InChI=1S/C24H31N3O3S/c1-19(28)27-15-5-6-22-16-23(11-12-24(22)27)31(29,30)25-17-20-7-9-21(10-8-20)18-26-13-3-2-4-14-26/h7-12,16,25H,2-6,13-15,17-18H2,1H3. The second-order valence-electron chi connectivity index (χ2n) is 8.54. The second kappa shape index (κ2) is 9.51. The molecule has 7 heteroatoms. The third-order valence-electron chi connectivity index (χ3n) is 6.20. The zero-order valence-electron chi connectivity index (χ0n) is 18.1. The predicted molar refractivity (Wildman–Crippen MR) is 122 cm³/mol. The minimum atomic E-state index is -3.62. The number of amides is 1. The average molecular weight is 442 g/mol. The van der Waals surface area contributed by atoms with Gasteiger partial charge in [0.25, 0.3) is 0 Å². The molecule has 0 spiro atoms. The molecule has 1 saturated heterocycles. The highest BCUT2D eigenvalue weighted by Crippen LogP contribution is 2.29. The van der Waals surface area contributed by atoms with E-state index in [2.05, 4.69) is 21.8 Å². The molecule has 0 aromatic heterocycles. The van der Waals surface area contributed by atoms with Crippen LogP contribution in [0.5, 0.6) is 0 Å². The first-order valence-corrected chi connectivity index (χ1v) is 12.6. The molecule has 1 fully saturated rings. The second-order valence-corrected chi connectivity index (χ2v) is 10.3. The number of nitrogens with one attached hydrogen (secondary N) is 1. The predicted octanol–water partition coefficient (Wildman–Crippen LogP) is 3.45. The van der Waals surface area contributed by atoms with Crippen LogP contribution >= 0.6 is 0 Å². The van der Waals surface area contributed by atoms with Crippen LogP contribution in [0.4, 0.5) is 5.69 Å². The number of carbonyl (C=O) groups excluding carboxylic acids is 1. The molecule has 166 valence electrons. The zero-order chi connectivity index (χ0) is 21.8. The van der Waals surface area contributed by atoms with Gasteiger partial charge in [0.15, 0.2) is 0 Å². The van der Waals surface area contributed by atoms with Crippen molar-refractivity contribution >= 4 is 21.6 Å². The summed E-state index contributed by atoms with van der Waals surface area (Å²) >= 11 is 0. The first-order valence-electron chi connectivity index (χ1n) is 11.1. The molecule has 31 heavy (non-hydrogen) atoms. The van der Waals surface area contributed by atoms with Crippen LogP contribution in [0.2, 0.25) is 0 Å². The number of anilines is 1. The molecule has 6 nitrogen and oxygen atoms in total. The van der Waals surface area contributed by atoms with Gasteiger partial charge in [-0.05, 0) is 73.7 Å². The van der Waals surface area contributed by atoms with E-state index in [4.69, 9.17) is 0 Å². The number of benzene rings is 2. The minimum absolute atomic E-state index is 0.0154. The molecule has 2 heterocycles. The maximum atomic E-state index is 12.8. The van der Waals surface area contributed by atoms with Gasteiger partial charge in [-0.2, -0.15) is 0 Å². The SMILES string of the molecule is CC(=O)N1CCCc2cc(S(=O)(=O)NCc3ccc(CN4CCCCC4)cc3)ccc21. The minimum Gasteiger partial charge on any atom is -0.312 e. The fourth-order valence-corrected chi connectivity index (χ4v) is 5.54. The molecule has 1 amide bonds. The molecular weight excluding hydrogens is 410 g/mol. The molecule has 2 aliphatic rings. The molecule has 0 radical (unpaired) electrons. The van der Waals surface area contributed by atoms with Crippen LogP contribution in [0.1, 0.15) is 49.3 Å². The number of carbonyl (C=O) groups is 1. The summed E-state index contributed by atoms with van der Waals surface area (Å²) in [6, 6.07) is 13.2. The van der Waals surface area contributed by atoms with Crippen molar-refractivity contribution in [2.24, 2.45) is 0 Å². The molecule has 1 N–H and O–H groups in total. The summed E-state index contributed by atoms with van der Waals surface area (Å²) in [7, 11) is -3.62. The maximum absolute atomic E-state index is 12.8. The van der Waals surface area contributed by atoms with Gasteiger partial charge in [0.05, 0.1) is 4.90 Å². The van der Waals surface area contributed by atoms with Crippen molar-refractivity contribution in [2.75, 3.05) is 24.5 Å². The molecular formula is C24H31N3O3S. The molecule has 0 atom stereocenters. The number of fused-ring (bicyclic) bond motifs is 1. The van der Waals surface area contributed by atoms with Gasteiger partial charge in [0.1, 0.15) is 0 Å². The summed E-state index contributed by atoms with van der Waals surface area (Å²) in [5.41, 5.74) is 3.93. The summed E-state index contributed by atoms with van der Waals surface area (Å²) in [5, 5.41) is 0. The molecule has 2 aromatic rings. The van der Waals surface area contributed by atoms with Crippen molar-refractivity contribution in [1.82, 2.24) is 9.62 Å². The summed E-state index contributed by atoms with van der Waals surface area (Å²) in [6.07, 6.45) is 5.49. The van der Waals surface area contributed by atoms with Crippen molar-refractivity contribution in [3.63, 3.8) is 0 Å². The Morgan fingerprint density at radius 2 is 1.65 bits per heavy atom. The molecule has 2 aliphatic heterocycles. The van der Waals surface area contributed by atoms with Gasteiger partial charge < -0.3 is 4.90 Å². The van der Waals surface area contributed by atoms with Crippen LogP contribution in [0, 0.1) is 0 Å². The Bertz CT molecular complexity index is 1030. The first kappa shape index (κ1) is 22.0. The zero-order valence-corrected chi connectivity index (χ0v) is 19.0. The lowest BCUT2D eigenvalue weighted by Gasteiger charge is -2.28. The normalized spacial score (nSPS) is 17.4. The van der Waals surface area contributed by atoms with Crippen LogP contribution in [-0.4, -0.2) is 38.9 Å². The van der Waals surface area contributed by atoms with Crippen LogP contribution in [-0.2, 0) is 34.3 Å². The van der Waals surface area contributed by atoms with Crippen molar-refractivity contribution in [2.45, 2.75) is 57.0 Å². The highest BCUT2D eigenvalue weighted by Gasteiger charge is 2.23. The Balaban J connectivity index is 1.39. The quantitative estimate of drug-likeness (QED) is 0.746. The van der Waals surface area contributed by atoms with Gasteiger partial charge in [0, 0.05) is 32.2 Å². The van der Waals surface area contributed by atoms with Crippen LogP contribution < -0.4 is 9.62 Å². The van der Waals surface area contributed by atoms with E-state index in [0.717, 1.165) is 49.3 Å². The largest absolute Gasteiger partial charge is 0.312 e. The third kappa shape index (κ3) is 5.34. The van der Waals surface area contributed by atoms with Crippen molar-refractivity contribution < 1.29 is 13.2 Å². The van der Waals surface area contributed by atoms with E-state index >= 15 is 0 Å². The molecule has 0 saturated carbocycles. The Labute approximate surface area is 185 Å². The number of likely N-dealkylation sites (tertiary alicyclic amines) is 1. The first-order chi connectivity index (χ1) is 14.9.